The predicted octanol–water partition coefficient (Wildman–Crippen LogP) is 3.19. The molecular weight excluding hydrogens is 384 g/mol. The first-order valence-electron chi connectivity index (χ1n) is 9.73. The van der Waals surface area contributed by atoms with Crippen molar-refractivity contribution in [1.29, 1.82) is 0 Å². The van der Waals surface area contributed by atoms with Crippen molar-refractivity contribution in [2.45, 2.75) is 33.1 Å². The van der Waals surface area contributed by atoms with E-state index in [-0.39, 0.29) is 5.56 Å². The van der Waals surface area contributed by atoms with Crippen LogP contribution in [0.2, 0.25) is 0 Å². The van der Waals surface area contributed by atoms with Crippen LogP contribution in [0.5, 0.6) is 0 Å². The van der Waals surface area contributed by atoms with E-state index in [1.807, 2.05) is 38.1 Å². The molecule has 0 atom stereocenters. The number of carboxylic acid groups (broad SMARTS) is 1. The van der Waals surface area contributed by atoms with E-state index in [1.54, 1.807) is 6.07 Å². The third-order valence-corrected chi connectivity index (χ3v) is 4.35. The standard InChI is InChI=1S/C22H26N4O4/c1-3-4-7-12-23-20(27)21(28)26-24-14-17-13-16(22(29)30)10-11-19(17)25-18-9-6-5-8-15(18)2/h5-6,8-11,13-14,25H,3-4,7,12H2,1-2H3,(H,23,27)(H,26,28)(H,29,30)/b24-14-. The minimum Gasteiger partial charge on any atom is -0.478 e. The molecule has 2 amide bonds. The van der Waals surface area contributed by atoms with Gasteiger partial charge < -0.3 is 15.7 Å². The van der Waals surface area contributed by atoms with Gasteiger partial charge in [0, 0.05) is 23.5 Å². The van der Waals surface area contributed by atoms with E-state index in [2.05, 4.69) is 21.2 Å². The van der Waals surface area contributed by atoms with Crippen LogP contribution in [0.1, 0.15) is 47.7 Å². The number of hydrogen-bond acceptors (Lipinski definition) is 5. The van der Waals surface area contributed by atoms with Crippen molar-refractivity contribution in [3.63, 3.8) is 0 Å². The van der Waals surface area contributed by atoms with Crippen LogP contribution in [0.3, 0.4) is 0 Å². The number of carbonyl (C=O) groups excluding carboxylic acids is 2. The van der Waals surface area contributed by atoms with E-state index in [4.69, 9.17) is 0 Å². The number of unbranched alkanes of at least 4 members (excludes halogenated alkanes) is 2. The minimum absolute atomic E-state index is 0.0757. The lowest BCUT2D eigenvalue weighted by molar-refractivity contribution is -0.139. The number of nitrogens with one attached hydrogen (secondary N) is 3. The number of aromatic carboxylic acids is 1. The lowest BCUT2D eigenvalue weighted by atomic mass is 10.1. The number of carbonyl (C=O) groups is 3. The van der Waals surface area contributed by atoms with Crippen LogP contribution in [0.4, 0.5) is 11.4 Å². The van der Waals surface area contributed by atoms with Gasteiger partial charge >= 0.3 is 17.8 Å². The number of aryl methyl sites for hydroxylation is 1. The Morgan fingerprint density at radius 3 is 2.50 bits per heavy atom. The summed E-state index contributed by atoms with van der Waals surface area (Å²) in [5.41, 5.74) is 5.16. The fraction of sp³-hybridized carbons (Fsp3) is 0.273. The average molecular weight is 410 g/mol. The highest BCUT2D eigenvalue weighted by molar-refractivity contribution is 6.35. The zero-order valence-corrected chi connectivity index (χ0v) is 17.1. The van der Waals surface area contributed by atoms with E-state index in [9.17, 15) is 19.5 Å². The molecule has 0 aliphatic rings. The molecule has 2 aromatic rings. The number of benzene rings is 2. The monoisotopic (exact) mass is 410 g/mol. The number of hydrazone groups is 1. The molecule has 0 aromatic heterocycles. The summed E-state index contributed by atoms with van der Waals surface area (Å²) in [4.78, 5) is 34.9. The first-order chi connectivity index (χ1) is 14.4. The summed E-state index contributed by atoms with van der Waals surface area (Å²) >= 11 is 0. The smallest absolute Gasteiger partial charge is 0.335 e. The fourth-order valence-corrected chi connectivity index (χ4v) is 2.64. The van der Waals surface area contributed by atoms with Gasteiger partial charge in [0.05, 0.1) is 11.8 Å². The lowest BCUT2D eigenvalue weighted by Gasteiger charge is -2.12. The summed E-state index contributed by atoms with van der Waals surface area (Å²) in [5.74, 6) is -2.73. The second kappa shape index (κ2) is 11.4. The Kier molecular flexibility index (Phi) is 8.56. The van der Waals surface area contributed by atoms with Crippen LogP contribution in [0, 0.1) is 6.92 Å². The number of para-hydroxylation sites is 1. The fourth-order valence-electron chi connectivity index (χ4n) is 2.64. The maximum atomic E-state index is 11.8. The van der Waals surface area contributed by atoms with Crippen molar-refractivity contribution in [2.75, 3.05) is 11.9 Å². The molecule has 0 saturated heterocycles. The van der Waals surface area contributed by atoms with Crippen molar-refractivity contribution >= 4 is 35.4 Å². The Hall–Kier alpha value is -3.68. The van der Waals surface area contributed by atoms with Gasteiger partial charge in [-0.2, -0.15) is 5.10 Å². The molecule has 4 N–H and O–H groups in total. The van der Waals surface area contributed by atoms with E-state index < -0.39 is 17.8 Å². The third kappa shape index (κ3) is 6.73. The number of rotatable bonds is 9. The molecule has 2 aromatic carbocycles. The molecule has 8 heteroatoms. The molecule has 0 saturated carbocycles. The van der Waals surface area contributed by atoms with Crippen LogP contribution in [-0.4, -0.2) is 35.6 Å². The zero-order valence-electron chi connectivity index (χ0n) is 17.1. The van der Waals surface area contributed by atoms with E-state index in [1.165, 1.54) is 18.3 Å². The zero-order chi connectivity index (χ0) is 21.9. The Labute approximate surface area is 175 Å². The molecular formula is C22H26N4O4. The van der Waals surface area contributed by atoms with Gasteiger partial charge in [-0.3, -0.25) is 9.59 Å². The molecule has 0 fully saturated rings. The van der Waals surface area contributed by atoms with Gasteiger partial charge in [0.25, 0.3) is 0 Å². The van der Waals surface area contributed by atoms with Gasteiger partial charge in [-0.05, 0) is 43.2 Å². The quantitative estimate of drug-likeness (QED) is 0.219. The number of hydrogen-bond donors (Lipinski definition) is 4. The number of carboxylic acids is 1. The van der Waals surface area contributed by atoms with E-state index in [0.29, 0.717) is 17.8 Å². The summed E-state index contributed by atoms with van der Waals surface area (Å²) in [7, 11) is 0. The number of anilines is 2. The first-order valence-corrected chi connectivity index (χ1v) is 9.73. The van der Waals surface area contributed by atoms with Crippen LogP contribution in [0.15, 0.2) is 47.6 Å². The highest BCUT2D eigenvalue weighted by atomic mass is 16.4. The predicted molar refractivity (Wildman–Crippen MR) is 116 cm³/mol. The average Bonchev–Trinajstić information content (AvgIpc) is 2.73. The van der Waals surface area contributed by atoms with Crippen LogP contribution in [0.25, 0.3) is 0 Å². The summed E-state index contributed by atoms with van der Waals surface area (Å²) in [6.45, 7) is 4.42. The van der Waals surface area contributed by atoms with Crippen molar-refractivity contribution in [3.8, 4) is 0 Å². The van der Waals surface area contributed by atoms with Crippen LogP contribution >= 0.6 is 0 Å². The molecule has 158 valence electrons. The molecule has 2 rings (SSSR count). The van der Waals surface area contributed by atoms with Gasteiger partial charge in [0.15, 0.2) is 0 Å². The highest BCUT2D eigenvalue weighted by Gasteiger charge is 2.12. The second-order valence-corrected chi connectivity index (χ2v) is 6.71. The lowest BCUT2D eigenvalue weighted by Crippen LogP contribution is -2.38. The maximum Gasteiger partial charge on any atom is 0.335 e. The Morgan fingerprint density at radius 2 is 1.80 bits per heavy atom. The Balaban J connectivity index is 2.11. The van der Waals surface area contributed by atoms with Crippen molar-refractivity contribution < 1.29 is 19.5 Å². The van der Waals surface area contributed by atoms with Crippen LogP contribution < -0.4 is 16.1 Å². The van der Waals surface area contributed by atoms with Gasteiger partial charge in [0.2, 0.25) is 0 Å². The maximum absolute atomic E-state index is 11.8. The number of nitrogens with zero attached hydrogens (tertiary/aromatic N) is 1. The molecule has 0 unspecified atom stereocenters. The van der Waals surface area contributed by atoms with Gasteiger partial charge in [0.1, 0.15) is 0 Å². The molecule has 0 aliphatic carbocycles. The summed E-state index contributed by atoms with van der Waals surface area (Å²) < 4.78 is 0. The van der Waals surface area contributed by atoms with Gasteiger partial charge in [-0.25, -0.2) is 10.2 Å². The second-order valence-electron chi connectivity index (χ2n) is 6.71. The van der Waals surface area contributed by atoms with E-state index >= 15 is 0 Å². The Bertz CT molecular complexity index is 940. The van der Waals surface area contributed by atoms with Crippen molar-refractivity contribution in [3.05, 3.63) is 59.2 Å². The normalized spacial score (nSPS) is 10.6. The molecule has 30 heavy (non-hydrogen) atoms. The summed E-state index contributed by atoms with van der Waals surface area (Å²) in [6, 6.07) is 12.2. The topological polar surface area (TPSA) is 120 Å². The molecule has 0 spiro atoms. The first kappa shape index (κ1) is 22.6. The molecule has 0 heterocycles. The van der Waals surface area contributed by atoms with Gasteiger partial charge in [-0.15, -0.1) is 0 Å². The van der Waals surface area contributed by atoms with Crippen molar-refractivity contribution in [2.24, 2.45) is 5.10 Å². The summed E-state index contributed by atoms with van der Waals surface area (Å²) in [6.07, 6.45) is 4.08. The highest BCUT2D eigenvalue weighted by Crippen LogP contribution is 2.23. The molecule has 8 nitrogen and oxygen atoms in total. The Morgan fingerprint density at radius 1 is 1.03 bits per heavy atom. The number of amides is 2. The SMILES string of the molecule is CCCCCNC(=O)C(=O)N/N=C\c1cc(C(=O)O)ccc1Nc1ccccc1C. The van der Waals surface area contributed by atoms with Crippen LogP contribution in [-0.2, 0) is 9.59 Å². The largest absolute Gasteiger partial charge is 0.478 e. The third-order valence-electron chi connectivity index (χ3n) is 4.35. The van der Waals surface area contributed by atoms with Gasteiger partial charge in [-0.1, -0.05) is 38.0 Å². The van der Waals surface area contributed by atoms with E-state index in [0.717, 1.165) is 30.5 Å². The molecule has 0 aliphatic heterocycles. The summed E-state index contributed by atoms with van der Waals surface area (Å²) in [5, 5.41) is 18.8. The molecule has 0 radical (unpaired) electrons. The van der Waals surface area contributed by atoms with Crippen molar-refractivity contribution in [1.82, 2.24) is 10.7 Å². The minimum atomic E-state index is -1.08. The molecule has 0 bridgehead atoms.